The van der Waals surface area contributed by atoms with Crippen molar-refractivity contribution in [3.63, 3.8) is 0 Å². The molecule has 5 heteroatoms. The topological polar surface area (TPSA) is 41.6 Å². The number of likely N-dealkylation sites (N-methyl/N-ethyl adjacent to an activating group) is 1. The molecule has 2 aromatic carbocycles. The van der Waals surface area contributed by atoms with Crippen molar-refractivity contribution in [3.05, 3.63) is 53.1 Å². The van der Waals surface area contributed by atoms with Crippen molar-refractivity contribution in [1.82, 2.24) is 4.90 Å². The Bertz CT molecular complexity index is 688. The summed E-state index contributed by atoms with van der Waals surface area (Å²) in [6.45, 7) is 1.22. The summed E-state index contributed by atoms with van der Waals surface area (Å²) in [7, 11) is 1.78. The number of hydrogen-bond acceptors (Lipinski definition) is 3. The Hall–Kier alpha value is -2.20. The van der Waals surface area contributed by atoms with E-state index in [0.717, 1.165) is 5.69 Å². The number of para-hydroxylation sites is 1. The third kappa shape index (κ3) is 2.81. The maximum Gasteiger partial charge on any atom is 0.257 e. The number of nitrogens with zero attached hydrogens (tertiary/aromatic N) is 1. The standard InChI is InChI=1S/C16H15ClN2O2/c1-19-9-8-18-13-10-11(17)6-7-15(13)21-14-5-3-2-4-12(14)16(19)20/h2-7,10,18H,8-9H2,1H3. The predicted octanol–water partition coefficient (Wildman–Crippen LogP) is 3.63. The number of carbonyl (C=O) groups excluding carboxylic acids is 1. The van der Waals surface area contributed by atoms with Gasteiger partial charge < -0.3 is 15.0 Å². The van der Waals surface area contributed by atoms with Crippen LogP contribution in [-0.2, 0) is 0 Å². The van der Waals surface area contributed by atoms with Crippen LogP contribution >= 0.6 is 11.6 Å². The molecular formula is C16H15ClN2O2. The Morgan fingerprint density at radius 2 is 2.00 bits per heavy atom. The average Bonchev–Trinajstić information content (AvgIpc) is 2.49. The molecule has 3 rings (SSSR count). The summed E-state index contributed by atoms with van der Waals surface area (Å²) in [6.07, 6.45) is 0. The number of carbonyl (C=O) groups is 1. The van der Waals surface area contributed by atoms with Gasteiger partial charge in [-0.15, -0.1) is 0 Å². The highest BCUT2D eigenvalue weighted by molar-refractivity contribution is 6.30. The van der Waals surface area contributed by atoms with E-state index < -0.39 is 0 Å². The van der Waals surface area contributed by atoms with Gasteiger partial charge in [0.25, 0.3) is 5.91 Å². The third-order valence-corrected chi connectivity index (χ3v) is 3.62. The van der Waals surface area contributed by atoms with Crippen LogP contribution in [0.1, 0.15) is 10.4 Å². The van der Waals surface area contributed by atoms with Gasteiger partial charge in [0.05, 0.1) is 11.3 Å². The molecule has 1 aliphatic rings. The van der Waals surface area contributed by atoms with Gasteiger partial charge >= 0.3 is 0 Å². The van der Waals surface area contributed by atoms with E-state index in [1.54, 1.807) is 36.2 Å². The van der Waals surface area contributed by atoms with Crippen LogP contribution in [0.3, 0.4) is 0 Å². The maximum absolute atomic E-state index is 12.4. The van der Waals surface area contributed by atoms with E-state index in [4.69, 9.17) is 16.3 Å². The number of benzene rings is 2. The van der Waals surface area contributed by atoms with Crippen LogP contribution in [0.25, 0.3) is 0 Å². The number of nitrogens with one attached hydrogen (secondary N) is 1. The van der Waals surface area contributed by atoms with Gasteiger partial charge in [0.2, 0.25) is 0 Å². The minimum atomic E-state index is -0.0511. The van der Waals surface area contributed by atoms with E-state index in [0.29, 0.717) is 35.2 Å². The molecule has 0 aliphatic carbocycles. The minimum Gasteiger partial charge on any atom is -0.454 e. The molecule has 2 aromatic rings. The highest BCUT2D eigenvalue weighted by Gasteiger charge is 2.19. The van der Waals surface area contributed by atoms with Crippen LogP contribution in [0.15, 0.2) is 42.5 Å². The van der Waals surface area contributed by atoms with E-state index in [1.807, 2.05) is 18.2 Å². The highest BCUT2D eigenvalue weighted by atomic mass is 35.5. The van der Waals surface area contributed by atoms with Gasteiger partial charge in [0.1, 0.15) is 5.75 Å². The van der Waals surface area contributed by atoms with Gasteiger partial charge in [0.15, 0.2) is 5.75 Å². The number of ether oxygens (including phenoxy) is 1. The summed E-state index contributed by atoms with van der Waals surface area (Å²) >= 11 is 6.04. The summed E-state index contributed by atoms with van der Waals surface area (Å²) in [6, 6.07) is 12.6. The number of anilines is 1. The number of hydrogen-bond donors (Lipinski definition) is 1. The maximum atomic E-state index is 12.4. The van der Waals surface area contributed by atoms with Gasteiger partial charge in [0, 0.05) is 25.2 Å². The Morgan fingerprint density at radius 1 is 1.19 bits per heavy atom. The highest BCUT2D eigenvalue weighted by Crippen LogP contribution is 2.34. The quantitative estimate of drug-likeness (QED) is 0.808. The molecule has 0 aromatic heterocycles. The molecule has 0 saturated carbocycles. The molecule has 108 valence electrons. The van der Waals surface area contributed by atoms with E-state index in [9.17, 15) is 4.79 Å². The molecule has 0 radical (unpaired) electrons. The first-order chi connectivity index (χ1) is 10.1. The molecule has 0 unspecified atom stereocenters. The molecule has 1 N–H and O–H groups in total. The Labute approximate surface area is 128 Å². The number of fused-ring (bicyclic) bond motifs is 2. The smallest absolute Gasteiger partial charge is 0.257 e. The number of amides is 1. The van der Waals surface area contributed by atoms with Gasteiger partial charge in [-0.2, -0.15) is 0 Å². The van der Waals surface area contributed by atoms with Crippen molar-refractivity contribution in [3.8, 4) is 11.5 Å². The molecule has 0 bridgehead atoms. The molecule has 0 atom stereocenters. The molecular weight excluding hydrogens is 288 g/mol. The van der Waals surface area contributed by atoms with Crippen molar-refractivity contribution in [1.29, 1.82) is 0 Å². The molecule has 1 amide bonds. The molecule has 1 aliphatic heterocycles. The first-order valence-corrected chi connectivity index (χ1v) is 7.09. The van der Waals surface area contributed by atoms with Crippen molar-refractivity contribution in [2.24, 2.45) is 0 Å². The molecule has 0 saturated heterocycles. The van der Waals surface area contributed by atoms with Crippen molar-refractivity contribution >= 4 is 23.2 Å². The second-order valence-electron chi connectivity index (χ2n) is 4.89. The lowest BCUT2D eigenvalue weighted by molar-refractivity contribution is 0.0797. The monoisotopic (exact) mass is 302 g/mol. The summed E-state index contributed by atoms with van der Waals surface area (Å²) in [5.74, 6) is 1.15. The molecule has 0 spiro atoms. The lowest BCUT2D eigenvalue weighted by Crippen LogP contribution is -2.32. The van der Waals surface area contributed by atoms with Crippen LogP contribution in [0.5, 0.6) is 11.5 Å². The molecule has 21 heavy (non-hydrogen) atoms. The summed E-state index contributed by atoms with van der Waals surface area (Å²) < 4.78 is 5.92. The molecule has 4 nitrogen and oxygen atoms in total. The first-order valence-electron chi connectivity index (χ1n) is 6.71. The van der Waals surface area contributed by atoms with Crippen LogP contribution < -0.4 is 10.1 Å². The van der Waals surface area contributed by atoms with Gasteiger partial charge in [-0.1, -0.05) is 23.7 Å². The molecule has 0 fully saturated rings. The predicted molar refractivity (Wildman–Crippen MR) is 83.4 cm³/mol. The van der Waals surface area contributed by atoms with Crippen LogP contribution in [-0.4, -0.2) is 30.9 Å². The zero-order valence-electron chi connectivity index (χ0n) is 11.6. The van der Waals surface area contributed by atoms with Crippen molar-refractivity contribution < 1.29 is 9.53 Å². The van der Waals surface area contributed by atoms with E-state index in [-0.39, 0.29) is 5.91 Å². The fraction of sp³-hybridized carbons (Fsp3) is 0.188. The van der Waals surface area contributed by atoms with Gasteiger partial charge in [-0.3, -0.25) is 4.79 Å². The fourth-order valence-electron chi connectivity index (χ4n) is 2.25. The largest absolute Gasteiger partial charge is 0.454 e. The van der Waals surface area contributed by atoms with Crippen molar-refractivity contribution in [2.45, 2.75) is 0 Å². The second kappa shape index (κ2) is 5.66. The summed E-state index contributed by atoms with van der Waals surface area (Å²) in [4.78, 5) is 14.1. The zero-order chi connectivity index (χ0) is 14.8. The SMILES string of the molecule is CN1CCNc2cc(Cl)ccc2Oc2ccccc2C1=O. The van der Waals surface area contributed by atoms with Gasteiger partial charge in [-0.25, -0.2) is 0 Å². The average molecular weight is 303 g/mol. The fourth-order valence-corrected chi connectivity index (χ4v) is 2.42. The van der Waals surface area contributed by atoms with E-state index >= 15 is 0 Å². The summed E-state index contributed by atoms with van der Waals surface area (Å²) in [5, 5.41) is 3.89. The Morgan fingerprint density at radius 3 is 2.86 bits per heavy atom. The van der Waals surface area contributed by atoms with Crippen LogP contribution in [0.2, 0.25) is 5.02 Å². The van der Waals surface area contributed by atoms with Gasteiger partial charge in [-0.05, 0) is 30.3 Å². The van der Waals surface area contributed by atoms with E-state index in [2.05, 4.69) is 5.32 Å². The molecule has 1 heterocycles. The van der Waals surface area contributed by atoms with Crippen molar-refractivity contribution in [2.75, 3.05) is 25.5 Å². The first kappa shape index (κ1) is 13.8. The summed E-state index contributed by atoms with van der Waals surface area (Å²) in [5.41, 5.74) is 1.38. The van der Waals surface area contributed by atoms with Crippen LogP contribution in [0, 0.1) is 0 Å². The number of halogens is 1. The lowest BCUT2D eigenvalue weighted by Gasteiger charge is -2.23. The van der Waals surface area contributed by atoms with E-state index in [1.165, 1.54) is 0 Å². The Balaban J connectivity index is 2.09. The van der Waals surface area contributed by atoms with Crippen LogP contribution in [0.4, 0.5) is 5.69 Å². The third-order valence-electron chi connectivity index (χ3n) is 3.39. The zero-order valence-corrected chi connectivity index (χ0v) is 12.4. The minimum absolute atomic E-state index is 0.0511. The lowest BCUT2D eigenvalue weighted by atomic mass is 10.1. The second-order valence-corrected chi connectivity index (χ2v) is 5.33. The Kier molecular flexibility index (Phi) is 3.71. The number of rotatable bonds is 0. The normalized spacial score (nSPS) is 14.6.